The van der Waals surface area contributed by atoms with Gasteiger partial charge in [0.05, 0.1) is 0 Å². The normalized spacial score (nSPS) is 18.0. The van der Waals surface area contributed by atoms with E-state index in [-0.39, 0.29) is 11.5 Å². The number of hydrogen-bond donors (Lipinski definition) is 2. The molecular weight excluding hydrogens is 206 g/mol. The van der Waals surface area contributed by atoms with Gasteiger partial charge < -0.3 is 10.7 Å². The lowest BCUT2D eigenvalue weighted by atomic mass is 9.96. The minimum Gasteiger partial charge on any atom is -0.354 e. The molecule has 5 nitrogen and oxygen atoms in total. The molecule has 5 heteroatoms. The number of ketones is 1. The SMILES string of the molecule is CNC(=O)/C(=N/NC1CCCCC1)C(C)=O. The van der Waals surface area contributed by atoms with Crippen LogP contribution in [0.25, 0.3) is 0 Å². The lowest BCUT2D eigenvalue weighted by Gasteiger charge is -2.21. The van der Waals surface area contributed by atoms with E-state index in [1.54, 1.807) is 0 Å². The lowest BCUT2D eigenvalue weighted by Crippen LogP contribution is -2.36. The molecule has 0 radical (unpaired) electrons. The first kappa shape index (κ1) is 12.7. The van der Waals surface area contributed by atoms with Gasteiger partial charge in [-0.15, -0.1) is 0 Å². The van der Waals surface area contributed by atoms with Crippen LogP contribution >= 0.6 is 0 Å². The highest BCUT2D eigenvalue weighted by atomic mass is 16.2. The van der Waals surface area contributed by atoms with Gasteiger partial charge in [0.15, 0.2) is 11.5 Å². The highest BCUT2D eigenvalue weighted by Crippen LogP contribution is 2.17. The number of nitrogens with zero attached hydrogens (tertiary/aromatic N) is 1. The van der Waals surface area contributed by atoms with Crippen LogP contribution in [0.3, 0.4) is 0 Å². The molecule has 0 aliphatic heterocycles. The van der Waals surface area contributed by atoms with E-state index in [9.17, 15) is 9.59 Å². The van der Waals surface area contributed by atoms with Crippen LogP contribution in [0.2, 0.25) is 0 Å². The summed E-state index contributed by atoms with van der Waals surface area (Å²) < 4.78 is 0. The number of carbonyl (C=O) groups is 2. The first-order valence-electron chi connectivity index (χ1n) is 5.71. The maximum Gasteiger partial charge on any atom is 0.275 e. The Morgan fingerprint density at radius 2 is 1.81 bits per heavy atom. The summed E-state index contributed by atoms with van der Waals surface area (Å²) in [6.45, 7) is 1.34. The third kappa shape index (κ3) is 3.64. The molecule has 90 valence electrons. The molecule has 0 aromatic carbocycles. The van der Waals surface area contributed by atoms with Gasteiger partial charge in [0.1, 0.15) is 0 Å². The Labute approximate surface area is 95.7 Å². The molecule has 0 aromatic heterocycles. The monoisotopic (exact) mass is 225 g/mol. The molecule has 2 N–H and O–H groups in total. The standard InChI is InChI=1S/C11H19N3O2/c1-8(15)10(11(16)12-2)14-13-9-6-4-3-5-7-9/h9,13H,3-7H2,1-2H3,(H,12,16)/b14-10+. The average Bonchev–Trinajstić information content (AvgIpc) is 2.30. The molecule has 1 saturated carbocycles. The number of rotatable bonds is 4. The molecular formula is C11H19N3O2. The van der Waals surface area contributed by atoms with Crippen molar-refractivity contribution in [2.45, 2.75) is 45.1 Å². The van der Waals surface area contributed by atoms with E-state index in [0.717, 1.165) is 12.8 Å². The van der Waals surface area contributed by atoms with E-state index >= 15 is 0 Å². The minimum absolute atomic E-state index is 0.0481. The van der Waals surface area contributed by atoms with Crippen LogP contribution in [0.5, 0.6) is 0 Å². The number of hydrogen-bond acceptors (Lipinski definition) is 4. The van der Waals surface area contributed by atoms with Gasteiger partial charge in [-0.2, -0.15) is 5.10 Å². The van der Waals surface area contributed by atoms with Gasteiger partial charge in [-0.25, -0.2) is 0 Å². The van der Waals surface area contributed by atoms with Crippen molar-refractivity contribution >= 4 is 17.4 Å². The summed E-state index contributed by atoms with van der Waals surface area (Å²) in [5.41, 5.74) is 2.88. The van der Waals surface area contributed by atoms with Gasteiger partial charge in [0.2, 0.25) is 0 Å². The van der Waals surface area contributed by atoms with Gasteiger partial charge in [0, 0.05) is 20.0 Å². The zero-order chi connectivity index (χ0) is 12.0. The number of Topliss-reactive ketones (excluding diaryl/α,β-unsaturated/α-hetero) is 1. The summed E-state index contributed by atoms with van der Waals surface area (Å²) in [5, 5.41) is 6.33. The predicted octanol–water partition coefficient (Wildman–Crippen LogP) is 0.600. The van der Waals surface area contributed by atoms with Crippen molar-refractivity contribution in [3.8, 4) is 0 Å². The molecule has 0 atom stereocenters. The van der Waals surface area contributed by atoms with Crippen LogP contribution in [-0.4, -0.2) is 30.5 Å². The largest absolute Gasteiger partial charge is 0.354 e. The summed E-state index contributed by atoms with van der Waals surface area (Å²) in [5.74, 6) is -0.751. The summed E-state index contributed by atoms with van der Waals surface area (Å²) >= 11 is 0. The Kier molecular flexibility index (Phi) is 4.95. The molecule has 0 heterocycles. The zero-order valence-electron chi connectivity index (χ0n) is 9.88. The quantitative estimate of drug-likeness (QED) is 0.418. The lowest BCUT2D eigenvalue weighted by molar-refractivity contribution is -0.117. The summed E-state index contributed by atoms with van der Waals surface area (Å²) in [4.78, 5) is 22.5. The van der Waals surface area contributed by atoms with Gasteiger partial charge in [0.25, 0.3) is 5.91 Å². The van der Waals surface area contributed by atoms with Crippen LogP contribution in [0, 0.1) is 0 Å². The second-order valence-corrected chi connectivity index (χ2v) is 4.06. The van der Waals surface area contributed by atoms with E-state index in [0.29, 0.717) is 6.04 Å². The zero-order valence-corrected chi connectivity index (χ0v) is 9.88. The van der Waals surface area contributed by atoms with Crippen molar-refractivity contribution in [3.63, 3.8) is 0 Å². The summed E-state index contributed by atoms with van der Waals surface area (Å²) in [7, 11) is 1.49. The maximum atomic E-state index is 11.3. The summed E-state index contributed by atoms with van der Waals surface area (Å²) in [6.07, 6.45) is 5.74. The van der Waals surface area contributed by atoms with Crippen LogP contribution in [-0.2, 0) is 9.59 Å². The molecule has 0 spiro atoms. The second-order valence-electron chi connectivity index (χ2n) is 4.06. The smallest absolute Gasteiger partial charge is 0.275 e. The molecule has 0 bridgehead atoms. The minimum atomic E-state index is -0.434. The fraction of sp³-hybridized carbons (Fsp3) is 0.727. The molecule has 0 unspecified atom stereocenters. The molecule has 1 rings (SSSR count). The van der Waals surface area contributed by atoms with E-state index in [1.165, 1.54) is 33.2 Å². The second kappa shape index (κ2) is 6.25. The molecule has 1 aliphatic carbocycles. The Morgan fingerprint density at radius 1 is 1.19 bits per heavy atom. The van der Waals surface area contributed by atoms with E-state index in [2.05, 4.69) is 15.8 Å². The van der Waals surface area contributed by atoms with Gasteiger partial charge in [-0.1, -0.05) is 19.3 Å². The van der Waals surface area contributed by atoms with Crippen molar-refractivity contribution in [3.05, 3.63) is 0 Å². The van der Waals surface area contributed by atoms with Crippen molar-refractivity contribution in [2.24, 2.45) is 5.10 Å². The topological polar surface area (TPSA) is 70.6 Å². The van der Waals surface area contributed by atoms with E-state index < -0.39 is 5.91 Å². The van der Waals surface area contributed by atoms with Gasteiger partial charge in [-0.3, -0.25) is 9.59 Å². The number of hydrazone groups is 1. The van der Waals surface area contributed by atoms with Crippen LogP contribution < -0.4 is 10.7 Å². The molecule has 0 aromatic rings. The highest BCUT2D eigenvalue weighted by molar-refractivity contribution is 6.65. The molecule has 1 amide bonds. The molecule has 1 aliphatic rings. The van der Waals surface area contributed by atoms with Crippen molar-refractivity contribution in [1.29, 1.82) is 0 Å². The number of nitrogens with one attached hydrogen (secondary N) is 2. The fourth-order valence-electron chi connectivity index (χ4n) is 1.80. The molecule has 0 saturated heterocycles. The number of amides is 1. The highest BCUT2D eigenvalue weighted by Gasteiger charge is 2.17. The fourth-order valence-corrected chi connectivity index (χ4v) is 1.80. The first-order valence-corrected chi connectivity index (χ1v) is 5.71. The molecule has 1 fully saturated rings. The van der Waals surface area contributed by atoms with Gasteiger partial charge >= 0.3 is 0 Å². The van der Waals surface area contributed by atoms with Crippen LogP contribution in [0.1, 0.15) is 39.0 Å². The van der Waals surface area contributed by atoms with Crippen molar-refractivity contribution in [2.75, 3.05) is 7.05 Å². The third-order valence-corrected chi connectivity index (χ3v) is 2.74. The van der Waals surface area contributed by atoms with Crippen molar-refractivity contribution in [1.82, 2.24) is 10.7 Å². The van der Waals surface area contributed by atoms with E-state index in [1.807, 2.05) is 0 Å². The van der Waals surface area contributed by atoms with Crippen LogP contribution in [0.15, 0.2) is 5.10 Å². The first-order chi connectivity index (χ1) is 7.65. The van der Waals surface area contributed by atoms with E-state index in [4.69, 9.17) is 0 Å². The third-order valence-electron chi connectivity index (χ3n) is 2.74. The Bertz CT molecular complexity index is 294. The van der Waals surface area contributed by atoms with Crippen LogP contribution in [0.4, 0.5) is 0 Å². The van der Waals surface area contributed by atoms with Gasteiger partial charge in [-0.05, 0) is 12.8 Å². The Hall–Kier alpha value is -1.39. The predicted molar refractivity (Wildman–Crippen MR) is 62.2 cm³/mol. The van der Waals surface area contributed by atoms with Crippen molar-refractivity contribution < 1.29 is 9.59 Å². The maximum absolute atomic E-state index is 11.3. The Balaban J connectivity index is 2.56. The Morgan fingerprint density at radius 3 is 2.31 bits per heavy atom. The molecule has 16 heavy (non-hydrogen) atoms. The number of carbonyl (C=O) groups excluding carboxylic acids is 2. The average molecular weight is 225 g/mol. The summed E-state index contributed by atoms with van der Waals surface area (Å²) in [6, 6.07) is 0.299.